The van der Waals surface area contributed by atoms with Crippen LogP contribution in [0.25, 0.3) is 0 Å². The third-order valence-corrected chi connectivity index (χ3v) is 3.90. The second-order valence-corrected chi connectivity index (χ2v) is 5.23. The Morgan fingerprint density at radius 3 is 2.56 bits per heavy atom. The van der Waals surface area contributed by atoms with Crippen LogP contribution in [0.3, 0.4) is 0 Å². The summed E-state index contributed by atoms with van der Waals surface area (Å²) in [6.45, 7) is 0.691. The highest BCUT2D eigenvalue weighted by atomic mass is 35.5. The Labute approximate surface area is 115 Å². The van der Waals surface area contributed by atoms with Gasteiger partial charge in [0.2, 0.25) is 0 Å². The van der Waals surface area contributed by atoms with Crippen molar-refractivity contribution >= 4 is 29.1 Å². The highest BCUT2D eigenvalue weighted by molar-refractivity contribution is 7.99. The summed E-state index contributed by atoms with van der Waals surface area (Å²) in [4.78, 5) is 1.05. The summed E-state index contributed by atoms with van der Waals surface area (Å²) < 4.78 is 13.3. The second kappa shape index (κ2) is 6.66. The van der Waals surface area contributed by atoms with E-state index < -0.39 is 0 Å². The molecular formula is C14H13ClFNS. The molecule has 18 heavy (non-hydrogen) atoms. The van der Waals surface area contributed by atoms with Crippen molar-refractivity contribution in [3.63, 3.8) is 0 Å². The lowest BCUT2D eigenvalue weighted by Crippen LogP contribution is -2.05. The van der Waals surface area contributed by atoms with Crippen molar-refractivity contribution in [1.82, 2.24) is 0 Å². The first kappa shape index (κ1) is 13.2. The Kier molecular flexibility index (Phi) is 4.90. The van der Waals surface area contributed by atoms with E-state index >= 15 is 0 Å². The maximum absolute atomic E-state index is 13.3. The summed E-state index contributed by atoms with van der Waals surface area (Å²) in [6.07, 6.45) is 0. The average Bonchev–Trinajstić information content (AvgIpc) is 2.38. The van der Waals surface area contributed by atoms with E-state index in [0.29, 0.717) is 12.2 Å². The molecule has 0 spiro atoms. The van der Waals surface area contributed by atoms with Gasteiger partial charge >= 0.3 is 0 Å². The number of anilines is 1. The Morgan fingerprint density at radius 1 is 1.06 bits per heavy atom. The molecule has 0 aliphatic carbocycles. The number of thioether (sulfide) groups is 1. The van der Waals surface area contributed by atoms with Gasteiger partial charge in [-0.2, -0.15) is 0 Å². The van der Waals surface area contributed by atoms with Crippen LogP contribution in [0.1, 0.15) is 0 Å². The van der Waals surface area contributed by atoms with Crippen LogP contribution in [0.2, 0.25) is 5.02 Å². The van der Waals surface area contributed by atoms with Crippen LogP contribution >= 0.6 is 23.4 Å². The molecule has 0 saturated carbocycles. The van der Waals surface area contributed by atoms with Gasteiger partial charge in [-0.1, -0.05) is 35.9 Å². The number of para-hydroxylation sites is 1. The molecule has 0 bridgehead atoms. The third-order valence-electron chi connectivity index (χ3n) is 2.39. The first-order valence-corrected chi connectivity index (χ1v) is 6.99. The molecule has 2 aromatic rings. The SMILES string of the molecule is Fc1ccccc1NCCSc1ccccc1Cl. The van der Waals surface area contributed by atoms with Crippen molar-refractivity contribution in [3.05, 3.63) is 59.4 Å². The molecule has 0 aromatic heterocycles. The quantitative estimate of drug-likeness (QED) is 0.631. The maximum atomic E-state index is 13.3. The van der Waals surface area contributed by atoms with Crippen molar-refractivity contribution in [2.45, 2.75) is 4.90 Å². The van der Waals surface area contributed by atoms with E-state index in [1.165, 1.54) is 6.07 Å². The van der Waals surface area contributed by atoms with E-state index in [0.717, 1.165) is 15.7 Å². The molecule has 0 aliphatic heterocycles. The minimum atomic E-state index is -0.222. The van der Waals surface area contributed by atoms with Gasteiger partial charge in [0.25, 0.3) is 0 Å². The Hall–Kier alpha value is -1.19. The molecule has 0 unspecified atom stereocenters. The van der Waals surface area contributed by atoms with Gasteiger partial charge in [0, 0.05) is 17.2 Å². The van der Waals surface area contributed by atoms with Gasteiger partial charge in [-0.05, 0) is 24.3 Å². The fourth-order valence-corrected chi connectivity index (χ4v) is 2.62. The van der Waals surface area contributed by atoms with Crippen LogP contribution in [-0.4, -0.2) is 12.3 Å². The third kappa shape index (κ3) is 3.65. The van der Waals surface area contributed by atoms with Crippen molar-refractivity contribution in [1.29, 1.82) is 0 Å². The number of halogens is 2. The molecule has 0 heterocycles. The molecule has 0 radical (unpaired) electrons. The topological polar surface area (TPSA) is 12.0 Å². The molecule has 1 N–H and O–H groups in total. The summed E-state index contributed by atoms with van der Waals surface area (Å²) in [5, 5.41) is 3.82. The zero-order valence-electron chi connectivity index (χ0n) is 9.70. The number of rotatable bonds is 5. The Morgan fingerprint density at radius 2 is 1.78 bits per heavy atom. The lowest BCUT2D eigenvalue weighted by Gasteiger charge is -2.07. The van der Waals surface area contributed by atoms with Crippen molar-refractivity contribution in [2.24, 2.45) is 0 Å². The lowest BCUT2D eigenvalue weighted by molar-refractivity contribution is 0.630. The van der Waals surface area contributed by atoms with Gasteiger partial charge in [-0.3, -0.25) is 0 Å². The van der Waals surface area contributed by atoms with Gasteiger partial charge in [-0.15, -0.1) is 11.8 Å². The monoisotopic (exact) mass is 281 g/mol. The van der Waals surface area contributed by atoms with Crippen LogP contribution < -0.4 is 5.32 Å². The van der Waals surface area contributed by atoms with E-state index in [-0.39, 0.29) is 5.82 Å². The molecular weight excluding hydrogens is 269 g/mol. The highest BCUT2D eigenvalue weighted by Gasteiger charge is 2.01. The summed E-state index contributed by atoms with van der Waals surface area (Å²) in [5.74, 6) is 0.609. The van der Waals surface area contributed by atoms with Crippen molar-refractivity contribution < 1.29 is 4.39 Å². The van der Waals surface area contributed by atoms with Gasteiger partial charge in [0.1, 0.15) is 5.82 Å². The highest BCUT2D eigenvalue weighted by Crippen LogP contribution is 2.26. The predicted molar refractivity (Wildman–Crippen MR) is 77.1 cm³/mol. The molecule has 94 valence electrons. The summed E-state index contributed by atoms with van der Waals surface area (Å²) in [7, 11) is 0. The number of benzene rings is 2. The zero-order valence-corrected chi connectivity index (χ0v) is 11.3. The summed E-state index contributed by atoms with van der Waals surface area (Å²) >= 11 is 7.70. The average molecular weight is 282 g/mol. The number of hydrogen-bond acceptors (Lipinski definition) is 2. The minimum Gasteiger partial charge on any atom is -0.382 e. The van der Waals surface area contributed by atoms with Crippen LogP contribution in [0, 0.1) is 5.82 Å². The summed E-state index contributed by atoms with van der Waals surface area (Å²) in [5.41, 5.74) is 0.539. The Bertz CT molecular complexity index is 471. The molecule has 0 amide bonds. The Balaban J connectivity index is 1.80. The standard InChI is InChI=1S/C14H13ClFNS/c15-11-5-1-4-8-14(11)18-10-9-17-13-7-3-2-6-12(13)16/h1-8,17H,9-10H2. The molecule has 1 nitrogen and oxygen atoms in total. The first-order valence-electron chi connectivity index (χ1n) is 5.63. The number of hydrogen-bond donors (Lipinski definition) is 1. The molecule has 2 aromatic carbocycles. The minimum absolute atomic E-state index is 0.222. The van der Waals surface area contributed by atoms with Gasteiger partial charge in [0.15, 0.2) is 0 Å². The lowest BCUT2D eigenvalue weighted by atomic mass is 10.3. The first-order chi connectivity index (χ1) is 8.77. The molecule has 2 rings (SSSR count). The van der Waals surface area contributed by atoms with E-state index in [4.69, 9.17) is 11.6 Å². The summed E-state index contributed by atoms with van der Waals surface area (Å²) in [6, 6.07) is 14.4. The molecule has 4 heteroatoms. The normalized spacial score (nSPS) is 10.3. The smallest absolute Gasteiger partial charge is 0.146 e. The fourth-order valence-electron chi connectivity index (χ4n) is 1.51. The number of nitrogens with one attached hydrogen (secondary N) is 1. The van der Waals surface area contributed by atoms with Gasteiger partial charge in [0.05, 0.1) is 10.7 Å². The van der Waals surface area contributed by atoms with Crippen molar-refractivity contribution in [2.75, 3.05) is 17.6 Å². The molecule has 0 saturated heterocycles. The predicted octanol–water partition coefficient (Wildman–Crippen LogP) is 4.68. The van der Waals surface area contributed by atoms with E-state index in [1.807, 2.05) is 30.3 Å². The second-order valence-electron chi connectivity index (χ2n) is 3.69. The molecule has 0 atom stereocenters. The molecule has 0 fully saturated rings. The van der Waals surface area contributed by atoms with Crippen LogP contribution in [0.15, 0.2) is 53.4 Å². The van der Waals surface area contributed by atoms with E-state index in [1.54, 1.807) is 23.9 Å². The van der Waals surface area contributed by atoms with Crippen LogP contribution in [0.5, 0.6) is 0 Å². The fraction of sp³-hybridized carbons (Fsp3) is 0.143. The largest absolute Gasteiger partial charge is 0.382 e. The van der Waals surface area contributed by atoms with E-state index in [2.05, 4.69) is 5.32 Å². The maximum Gasteiger partial charge on any atom is 0.146 e. The molecule has 0 aliphatic rings. The van der Waals surface area contributed by atoms with Gasteiger partial charge in [-0.25, -0.2) is 4.39 Å². The van der Waals surface area contributed by atoms with Crippen LogP contribution in [0.4, 0.5) is 10.1 Å². The zero-order chi connectivity index (χ0) is 12.8. The van der Waals surface area contributed by atoms with E-state index in [9.17, 15) is 4.39 Å². The van der Waals surface area contributed by atoms with Crippen molar-refractivity contribution in [3.8, 4) is 0 Å². The van der Waals surface area contributed by atoms with Gasteiger partial charge < -0.3 is 5.32 Å². The van der Waals surface area contributed by atoms with Crippen LogP contribution in [-0.2, 0) is 0 Å².